The highest BCUT2D eigenvalue weighted by Crippen LogP contribution is 2.34. The largest absolute Gasteiger partial charge is 0.317 e. The highest BCUT2D eigenvalue weighted by Gasteiger charge is 2.13. The van der Waals surface area contributed by atoms with Crippen LogP contribution in [0.5, 0.6) is 0 Å². The molecule has 18 heavy (non-hydrogen) atoms. The van der Waals surface area contributed by atoms with Crippen molar-refractivity contribution in [3.63, 3.8) is 0 Å². The van der Waals surface area contributed by atoms with Gasteiger partial charge >= 0.3 is 0 Å². The molecule has 0 spiro atoms. The van der Waals surface area contributed by atoms with E-state index in [1.165, 1.54) is 11.3 Å². The fourth-order valence-electron chi connectivity index (χ4n) is 1.68. The fourth-order valence-corrected chi connectivity index (χ4v) is 3.33. The first kappa shape index (κ1) is 13.8. The maximum absolute atomic E-state index is 6.12. The molecule has 1 N–H and O–H groups in total. The molecule has 4 nitrogen and oxygen atoms in total. The number of rotatable bonds is 5. The molecule has 0 fully saturated rings. The summed E-state index contributed by atoms with van der Waals surface area (Å²) in [5, 5.41) is 11.3. The second-order valence-corrected chi connectivity index (χ2v) is 6.20. The van der Waals surface area contributed by atoms with Crippen LogP contribution in [0.25, 0.3) is 0 Å². The lowest BCUT2D eigenvalue weighted by molar-refractivity contribution is 0.540. The van der Waals surface area contributed by atoms with Crippen LogP contribution in [-0.2, 0) is 13.1 Å². The Hall–Kier alpha value is -0.620. The maximum atomic E-state index is 6.12. The van der Waals surface area contributed by atoms with Crippen LogP contribution < -0.4 is 5.32 Å². The van der Waals surface area contributed by atoms with E-state index in [9.17, 15) is 0 Å². The van der Waals surface area contributed by atoms with Gasteiger partial charge in [0.05, 0.1) is 15.2 Å². The van der Waals surface area contributed by atoms with Crippen molar-refractivity contribution in [3.8, 4) is 0 Å². The minimum Gasteiger partial charge on any atom is -0.317 e. The average molecular weight is 305 g/mol. The molecule has 98 valence electrons. The maximum Gasteiger partial charge on any atom is 0.146 e. The summed E-state index contributed by atoms with van der Waals surface area (Å²) >= 11 is 13.4. The quantitative estimate of drug-likeness (QED) is 0.919. The molecule has 1 atom stereocenters. The van der Waals surface area contributed by atoms with E-state index in [-0.39, 0.29) is 6.04 Å². The minimum atomic E-state index is 0.128. The highest BCUT2D eigenvalue weighted by atomic mass is 35.5. The van der Waals surface area contributed by atoms with Gasteiger partial charge < -0.3 is 9.88 Å². The Morgan fingerprint density at radius 1 is 1.50 bits per heavy atom. The molecule has 0 aliphatic rings. The molecule has 2 aromatic heterocycles. The topological polar surface area (TPSA) is 42.7 Å². The lowest BCUT2D eigenvalue weighted by Gasteiger charge is -2.13. The first-order chi connectivity index (χ1) is 8.61. The van der Waals surface area contributed by atoms with Crippen LogP contribution in [0, 0.1) is 0 Å². The third kappa shape index (κ3) is 3.03. The van der Waals surface area contributed by atoms with Gasteiger partial charge in [-0.2, -0.15) is 0 Å². The van der Waals surface area contributed by atoms with E-state index < -0.39 is 0 Å². The molecule has 0 aliphatic heterocycles. The van der Waals surface area contributed by atoms with Crippen LogP contribution in [0.3, 0.4) is 0 Å². The molecular weight excluding hydrogens is 291 g/mol. The molecule has 7 heteroatoms. The van der Waals surface area contributed by atoms with Crippen LogP contribution in [0.4, 0.5) is 0 Å². The van der Waals surface area contributed by atoms with E-state index in [2.05, 4.69) is 29.4 Å². The lowest BCUT2D eigenvalue weighted by atomic mass is 10.2. The van der Waals surface area contributed by atoms with Gasteiger partial charge in [0.15, 0.2) is 0 Å². The van der Waals surface area contributed by atoms with Gasteiger partial charge in [0.2, 0.25) is 0 Å². The molecule has 2 rings (SSSR count). The second-order valence-electron chi connectivity index (χ2n) is 3.92. The van der Waals surface area contributed by atoms with Gasteiger partial charge in [0.1, 0.15) is 12.2 Å². The minimum absolute atomic E-state index is 0.128. The monoisotopic (exact) mass is 304 g/mol. The van der Waals surface area contributed by atoms with Gasteiger partial charge in [-0.1, -0.05) is 23.2 Å². The van der Waals surface area contributed by atoms with E-state index >= 15 is 0 Å². The van der Waals surface area contributed by atoms with Crippen LogP contribution in [0.1, 0.15) is 31.3 Å². The van der Waals surface area contributed by atoms with E-state index in [0.29, 0.717) is 10.9 Å². The summed E-state index contributed by atoms with van der Waals surface area (Å²) < 4.78 is 3.44. The number of thiophene rings is 1. The van der Waals surface area contributed by atoms with E-state index in [4.69, 9.17) is 23.2 Å². The Kier molecular flexibility index (Phi) is 4.61. The molecule has 0 saturated carbocycles. The Morgan fingerprint density at radius 2 is 2.28 bits per heavy atom. The predicted octanol–water partition coefficient (Wildman–Crippen LogP) is 3.52. The number of aryl methyl sites for hydroxylation is 1. The summed E-state index contributed by atoms with van der Waals surface area (Å²) in [7, 11) is 0. The Balaban J connectivity index is 2.00. The predicted molar refractivity (Wildman–Crippen MR) is 75.3 cm³/mol. The standard InChI is InChI=1S/C11H14Cl2N4S/c1-3-17-6-15-16-10(17)5-14-7(2)8-4-9(12)18-11(8)13/h4,6-7,14H,3,5H2,1-2H3. The van der Waals surface area contributed by atoms with Crippen molar-refractivity contribution in [1.82, 2.24) is 20.1 Å². The molecular formula is C11H14Cl2N4S. The van der Waals surface area contributed by atoms with Gasteiger partial charge in [-0.05, 0) is 25.5 Å². The van der Waals surface area contributed by atoms with Gasteiger partial charge in [-0.3, -0.25) is 0 Å². The van der Waals surface area contributed by atoms with Gasteiger partial charge in [-0.15, -0.1) is 21.5 Å². The summed E-state index contributed by atoms with van der Waals surface area (Å²) in [6.07, 6.45) is 1.73. The normalized spacial score (nSPS) is 12.9. The number of halogens is 2. The first-order valence-corrected chi connectivity index (χ1v) is 7.23. The third-order valence-corrected chi connectivity index (χ3v) is 4.27. The molecule has 0 aliphatic carbocycles. The molecule has 0 amide bonds. The lowest BCUT2D eigenvalue weighted by Crippen LogP contribution is -2.20. The Labute approximate surface area is 120 Å². The van der Waals surface area contributed by atoms with Crippen molar-refractivity contribution >= 4 is 34.5 Å². The number of aromatic nitrogens is 3. The highest BCUT2D eigenvalue weighted by molar-refractivity contribution is 7.20. The average Bonchev–Trinajstić information content (AvgIpc) is 2.92. The number of hydrogen-bond donors (Lipinski definition) is 1. The number of hydrogen-bond acceptors (Lipinski definition) is 4. The fraction of sp³-hybridized carbons (Fsp3) is 0.455. The van der Waals surface area contributed by atoms with Crippen molar-refractivity contribution in [2.75, 3.05) is 0 Å². The van der Waals surface area contributed by atoms with E-state index in [1.807, 2.05) is 10.6 Å². The summed E-state index contributed by atoms with van der Waals surface area (Å²) in [6, 6.07) is 2.03. The van der Waals surface area contributed by atoms with Crippen LogP contribution in [0.15, 0.2) is 12.4 Å². The van der Waals surface area contributed by atoms with Crippen LogP contribution >= 0.6 is 34.5 Å². The Morgan fingerprint density at radius 3 is 2.89 bits per heavy atom. The zero-order valence-corrected chi connectivity index (χ0v) is 12.5. The van der Waals surface area contributed by atoms with Crippen molar-refractivity contribution < 1.29 is 0 Å². The Bertz CT molecular complexity index is 523. The van der Waals surface area contributed by atoms with Crippen LogP contribution in [0.2, 0.25) is 8.67 Å². The molecule has 0 bridgehead atoms. The molecule has 0 saturated heterocycles. The zero-order valence-electron chi connectivity index (χ0n) is 10.2. The van der Waals surface area contributed by atoms with Gasteiger partial charge in [0, 0.05) is 12.6 Å². The van der Waals surface area contributed by atoms with Crippen LogP contribution in [-0.4, -0.2) is 14.8 Å². The van der Waals surface area contributed by atoms with Gasteiger partial charge in [0.25, 0.3) is 0 Å². The summed E-state index contributed by atoms with van der Waals surface area (Å²) in [6.45, 7) is 5.63. The SMILES string of the molecule is CCn1cnnc1CNC(C)c1cc(Cl)sc1Cl. The zero-order chi connectivity index (χ0) is 13.1. The second kappa shape index (κ2) is 6.02. The summed E-state index contributed by atoms with van der Waals surface area (Å²) in [4.78, 5) is 0. The number of nitrogens with one attached hydrogen (secondary N) is 1. The smallest absolute Gasteiger partial charge is 0.146 e. The van der Waals surface area contributed by atoms with Crippen molar-refractivity contribution in [2.24, 2.45) is 0 Å². The summed E-state index contributed by atoms with van der Waals surface area (Å²) in [5.41, 5.74) is 1.02. The first-order valence-electron chi connectivity index (χ1n) is 5.66. The molecule has 0 aromatic carbocycles. The van der Waals surface area contributed by atoms with Gasteiger partial charge in [-0.25, -0.2) is 0 Å². The van der Waals surface area contributed by atoms with Crippen molar-refractivity contribution in [2.45, 2.75) is 33.0 Å². The molecule has 2 aromatic rings. The van der Waals surface area contributed by atoms with Crippen molar-refractivity contribution in [3.05, 3.63) is 32.5 Å². The van der Waals surface area contributed by atoms with Crippen molar-refractivity contribution in [1.29, 1.82) is 0 Å². The molecule has 0 radical (unpaired) electrons. The summed E-state index contributed by atoms with van der Waals surface area (Å²) in [5.74, 6) is 0.918. The molecule has 2 heterocycles. The van der Waals surface area contributed by atoms with E-state index in [1.54, 1.807) is 6.33 Å². The molecule has 1 unspecified atom stereocenters. The van der Waals surface area contributed by atoms with E-state index in [0.717, 1.165) is 22.3 Å². The third-order valence-electron chi connectivity index (χ3n) is 2.75. The number of nitrogens with zero attached hydrogens (tertiary/aromatic N) is 3.